The molecule has 116 valence electrons. The van der Waals surface area contributed by atoms with Gasteiger partial charge in [0.2, 0.25) is 5.78 Å². The number of carbonyl (C=O) groups is 1. The molecular formula is C19H19N3O. The van der Waals surface area contributed by atoms with E-state index in [1.165, 1.54) is 0 Å². The number of carbonyl (C=O) groups excluding carboxylic acids is 1. The number of allylic oxidation sites excluding steroid dienone is 1. The Morgan fingerprint density at radius 3 is 2.35 bits per heavy atom. The SMILES string of the molecule is N#C/C(=C\N1CCC(n2cccc2)CC1)C(=O)c1ccccc1. The summed E-state index contributed by atoms with van der Waals surface area (Å²) in [7, 11) is 0. The first-order valence-electron chi connectivity index (χ1n) is 7.86. The molecule has 2 aromatic rings. The Morgan fingerprint density at radius 2 is 1.74 bits per heavy atom. The molecule has 0 aliphatic carbocycles. The molecular weight excluding hydrogens is 286 g/mol. The Hall–Kier alpha value is -2.80. The monoisotopic (exact) mass is 305 g/mol. The highest BCUT2D eigenvalue weighted by atomic mass is 16.1. The number of hydrogen-bond acceptors (Lipinski definition) is 3. The minimum atomic E-state index is -0.208. The van der Waals surface area contributed by atoms with Crippen molar-refractivity contribution in [1.82, 2.24) is 9.47 Å². The maximum Gasteiger partial charge on any atom is 0.205 e. The van der Waals surface area contributed by atoms with Gasteiger partial charge in [0.05, 0.1) is 0 Å². The largest absolute Gasteiger partial charge is 0.376 e. The Bertz CT molecular complexity index is 718. The fourth-order valence-electron chi connectivity index (χ4n) is 2.97. The van der Waals surface area contributed by atoms with Crippen molar-refractivity contribution >= 4 is 5.78 Å². The van der Waals surface area contributed by atoms with Gasteiger partial charge in [-0.3, -0.25) is 4.79 Å². The molecule has 2 heterocycles. The van der Waals surface area contributed by atoms with E-state index in [1.54, 1.807) is 18.3 Å². The number of Topliss-reactive ketones (excluding diaryl/α,β-unsaturated/α-hetero) is 1. The van der Waals surface area contributed by atoms with Crippen molar-refractivity contribution in [1.29, 1.82) is 5.26 Å². The molecule has 1 aromatic carbocycles. The van der Waals surface area contributed by atoms with E-state index in [9.17, 15) is 10.1 Å². The number of nitriles is 1. The van der Waals surface area contributed by atoms with Gasteiger partial charge in [0.15, 0.2) is 0 Å². The molecule has 4 heteroatoms. The molecule has 0 amide bonds. The molecule has 4 nitrogen and oxygen atoms in total. The molecule has 0 atom stereocenters. The molecule has 0 unspecified atom stereocenters. The predicted molar refractivity (Wildman–Crippen MR) is 88.7 cm³/mol. The molecule has 1 aliphatic rings. The van der Waals surface area contributed by atoms with Crippen LogP contribution >= 0.6 is 0 Å². The molecule has 0 saturated carbocycles. The predicted octanol–water partition coefficient (Wildman–Crippen LogP) is 3.42. The molecule has 0 N–H and O–H groups in total. The zero-order valence-corrected chi connectivity index (χ0v) is 12.9. The van der Waals surface area contributed by atoms with Crippen LogP contribution < -0.4 is 0 Å². The number of nitrogens with zero attached hydrogens (tertiary/aromatic N) is 3. The first-order valence-corrected chi connectivity index (χ1v) is 7.86. The highest BCUT2D eigenvalue weighted by Crippen LogP contribution is 2.23. The molecule has 1 fully saturated rings. The van der Waals surface area contributed by atoms with Gasteiger partial charge in [-0.25, -0.2) is 0 Å². The number of likely N-dealkylation sites (tertiary alicyclic amines) is 1. The number of aromatic nitrogens is 1. The molecule has 1 saturated heterocycles. The van der Waals surface area contributed by atoms with Crippen LogP contribution in [0.25, 0.3) is 0 Å². The number of benzene rings is 1. The van der Waals surface area contributed by atoms with Gasteiger partial charge in [-0.2, -0.15) is 5.26 Å². The van der Waals surface area contributed by atoms with Crippen molar-refractivity contribution < 1.29 is 4.79 Å². The van der Waals surface area contributed by atoms with Crippen LogP contribution in [-0.4, -0.2) is 28.3 Å². The second kappa shape index (κ2) is 6.97. The van der Waals surface area contributed by atoms with Crippen LogP contribution in [0.15, 0.2) is 66.6 Å². The Kier molecular flexibility index (Phi) is 4.58. The van der Waals surface area contributed by atoms with Crippen LogP contribution in [0.3, 0.4) is 0 Å². The van der Waals surface area contributed by atoms with Gasteiger partial charge in [0.1, 0.15) is 11.6 Å². The van der Waals surface area contributed by atoms with Gasteiger partial charge < -0.3 is 9.47 Å². The van der Waals surface area contributed by atoms with Gasteiger partial charge in [-0.15, -0.1) is 0 Å². The van der Waals surface area contributed by atoms with Crippen molar-refractivity contribution in [2.75, 3.05) is 13.1 Å². The van der Waals surface area contributed by atoms with Gasteiger partial charge in [0, 0.05) is 43.3 Å². The maximum atomic E-state index is 12.4. The van der Waals surface area contributed by atoms with E-state index < -0.39 is 0 Å². The average Bonchev–Trinajstić information content (AvgIpc) is 3.15. The third-order valence-corrected chi connectivity index (χ3v) is 4.26. The van der Waals surface area contributed by atoms with Crippen LogP contribution in [-0.2, 0) is 0 Å². The van der Waals surface area contributed by atoms with Crippen molar-refractivity contribution in [2.45, 2.75) is 18.9 Å². The standard InChI is InChI=1S/C19H19N3O/c20-14-17(19(23)16-6-2-1-3-7-16)15-21-12-8-18(9-13-21)22-10-4-5-11-22/h1-7,10-11,15,18H,8-9,12-13H2/b17-15+. The summed E-state index contributed by atoms with van der Waals surface area (Å²) in [6.07, 6.45) is 7.94. The van der Waals surface area contributed by atoms with Gasteiger partial charge in [0.25, 0.3) is 0 Å². The van der Waals surface area contributed by atoms with Gasteiger partial charge in [-0.05, 0) is 25.0 Å². The molecule has 0 spiro atoms. The number of piperidine rings is 1. The zero-order chi connectivity index (χ0) is 16.1. The fourth-order valence-corrected chi connectivity index (χ4v) is 2.97. The fraction of sp³-hybridized carbons (Fsp3) is 0.263. The first-order chi connectivity index (χ1) is 11.3. The van der Waals surface area contributed by atoms with E-state index in [0.29, 0.717) is 11.6 Å². The molecule has 0 radical (unpaired) electrons. The van der Waals surface area contributed by atoms with E-state index in [1.807, 2.05) is 30.3 Å². The van der Waals surface area contributed by atoms with Gasteiger partial charge in [-0.1, -0.05) is 30.3 Å². The van der Waals surface area contributed by atoms with E-state index in [-0.39, 0.29) is 11.4 Å². The Morgan fingerprint density at radius 1 is 1.09 bits per heavy atom. The summed E-state index contributed by atoms with van der Waals surface area (Å²) in [5.74, 6) is -0.208. The Balaban J connectivity index is 1.66. The molecule has 3 rings (SSSR count). The molecule has 1 aromatic heterocycles. The third kappa shape index (κ3) is 3.51. The molecule has 1 aliphatic heterocycles. The summed E-state index contributed by atoms with van der Waals surface area (Å²) in [6, 6.07) is 15.6. The first kappa shape index (κ1) is 15.1. The summed E-state index contributed by atoms with van der Waals surface area (Å²) in [6.45, 7) is 1.71. The minimum absolute atomic E-state index is 0.204. The Labute approximate surface area is 136 Å². The van der Waals surface area contributed by atoms with Crippen LogP contribution in [0.4, 0.5) is 0 Å². The lowest BCUT2D eigenvalue weighted by Gasteiger charge is -2.32. The van der Waals surface area contributed by atoms with Crippen LogP contribution in [0.1, 0.15) is 29.2 Å². The minimum Gasteiger partial charge on any atom is -0.376 e. The normalized spacial score (nSPS) is 16.1. The number of hydrogen-bond donors (Lipinski definition) is 0. The lowest BCUT2D eigenvalue weighted by atomic mass is 10.0. The van der Waals surface area contributed by atoms with E-state index >= 15 is 0 Å². The smallest absolute Gasteiger partial charge is 0.205 e. The van der Waals surface area contributed by atoms with Crippen LogP contribution in [0, 0.1) is 11.3 Å². The van der Waals surface area contributed by atoms with Crippen molar-refractivity contribution in [3.63, 3.8) is 0 Å². The summed E-state index contributed by atoms with van der Waals surface area (Å²) >= 11 is 0. The van der Waals surface area contributed by atoms with Crippen LogP contribution in [0.2, 0.25) is 0 Å². The summed E-state index contributed by atoms with van der Waals surface area (Å²) in [5, 5.41) is 9.32. The van der Waals surface area contributed by atoms with E-state index in [4.69, 9.17) is 0 Å². The second-order valence-electron chi connectivity index (χ2n) is 5.75. The van der Waals surface area contributed by atoms with E-state index in [0.717, 1.165) is 25.9 Å². The molecule has 23 heavy (non-hydrogen) atoms. The van der Waals surface area contributed by atoms with E-state index in [2.05, 4.69) is 27.9 Å². The lowest BCUT2D eigenvalue weighted by molar-refractivity contribution is 0.103. The maximum absolute atomic E-state index is 12.4. The van der Waals surface area contributed by atoms with Crippen molar-refractivity contribution in [2.24, 2.45) is 0 Å². The highest BCUT2D eigenvalue weighted by Gasteiger charge is 2.20. The average molecular weight is 305 g/mol. The summed E-state index contributed by atoms with van der Waals surface area (Å²) in [4.78, 5) is 14.5. The molecule has 0 bridgehead atoms. The van der Waals surface area contributed by atoms with Gasteiger partial charge >= 0.3 is 0 Å². The van der Waals surface area contributed by atoms with Crippen LogP contribution in [0.5, 0.6) is 0 Å². The highest BCUT2D eigenvalue weighted by molar-refractivity contribution is 6.11. The summed E-state index contributed by atoms with van der Waals surface area (Å²) < 4.78 is 2.24. The number of rotatable bonds is 4. The third-order valence-electron chi connectivity index (χ3n) is 4.26. The zero-order valence-electron chi connectivity index (χ0n) is 12.9. The second-order valence-corrected chi connectivity index (χ2v) is 5.75. The summed E-state index contributed by atoms with van der Waals surface area (Å²) in [5.41, 5.74) is 0.762. The quantitative estimate of drug-likeness (QED) is 0.494. The number of ketones is 1. The van der Waals surface area contributed by atoms with Crippen molar-refractivity contribution in [3.05, 3.63) is 72.2 Å². The van der Waals surface area contributed by atoms with Crippen molar-refractivity contribution in [3.8, 4) is 6.07 Å². The topological polar surface area (TPSA) is 49.0 Å². The lowest BCUT2D eigenvalue weighted by Crippen LogP contribution is -2.31.